The van der Waals surface area contributed by atoms with Gasteiger partial charge in [0.05, 0.1) is 19.3 Å². The molecular formula is C15H29NO2. The fourth-order valence-corrected chi connectivity index (χ4v) is 3.62. The zero-order valence-corrected chi connectivity index (χ0v) is 12.0. The molecule has 2 fully saturated rings. The van der Waals surface area contributed by atoms with Crippen molar-refractivity contribution in [2.75, 3.05) is 26.3 Å². The highest BCUT2D eigenvalue weighted by molar-refractivity contribution is 5.00. The van der Waals surface area contributed by atoms with Gasteiger partial charge in [-0.2, -0.15) is 0 Å². The van der Waals surface area contributed by atoms with Gasteiger partial charge in [0, 0.05) is 18.6 Å². The Morgan fingerprint density at radius 1 is 1.11 bits per heavy atom. The minimum Gasteiger partial charge on any atom is -0.391 e. The summed E-state index contributed by atoms with van der Waals surface area (Å²) in [6.45, 7) is 8.14. The first-order valence-electron chi connectivity index (χ1n) is 7.66. The molecule has 0 aromatic rings. The van der Waals surface area contributed by atoms with E-state index >= 15 is 0 Å². The van der Waals surface area contributed by atoms with Crippen molar-refractivity contribution in [2.45, 2.75) is 64.0 Å². The van der Waals surface area contributed by atoms with Crippen LogP contribution in [0, 0.1) is 5.92 Å². The summed E-state index contributed by atoms with van der Waals surface area (Å²) >= 11 is 0. The number of aliphatic hydroxyl groups is 1. The third kappa shape index (κ3) is 3.06. The third-order valence-corrected chi connectivity index (χ3v) is 4.75. The van der Waals surface area contributed by atoms with Gasteiger partial charge in [0.25, 0.3) is 0 Å². The van der Waals surface area contributed by atoms with Crippen LogP contribution in [0.4, 0.5) is 0 Å². The van der Waals surface area contributed by atoms with E-state index < -0.39 is 0 Å². The third-order valence-electron chi connectivity index (χ3n) is 4.75. The summed E-state index contributed by atoms with van der Waals surface area (Å²) in [5.74, 6) is 0.683. The highest BCUT2D eigenvalue weighted by Crippen LogP contribution is 2.40. The van der Waals surface area contributed by atoms with Crippen LogP contribution in [0.25, 0.3) is 0 Å². The van der Waals surface area contributed by atoms with E-state index in [1.807, 2.05) is 0 Å². The molecule has 1 saturated heterocycles. The molecular weight excluding hydrogens is 226 g/mol. The molecule has 2 aliphatic rings. The van der Waals surface area contributed by atoms with E-state index in [1.54, 1.807) is 0 Å². The van der Waals surface area contributed by atoms with Crippen molar-refractivity contribution in [3.05, 3.63) is 0 Å². The first-order chi connectivity index (χ1) is 8.65. The van der Waals surface area contributed by atoms with Crippen molar-refractivity contribution < 1.29 is 9.84 Å². The van der Waals surface area contributed by atoms with Crippen molar-refractivity contribution in [1.82, 2.24) is 4.90 Å². The second-order valence-electron chi connectivity index (χ2n) is 6.40. The summed E-state index contributed by atoms with van der Waals surface area (Å²) in [6.07, 6.45) is 6.83. The number of rotatable bonds is 5. The zero-order chi connectivity index (χ0) is 13.0. The number of hydrogen-bond acceptors (Lipinski definition) is 3. The molecule has 1 unspecified atom stereocenters. The molecule has 2 rings (SSSR count). The molecule has 0 amide bonds. The van der Waals surface area contributed by atoms with Crippen molar-refractivity contribution >= 4 is 0 Å². The number of morpholine rings is 1. The smallest absolute Gasteiger partial charge is 0.0724 e. The largest absolute Gasteiger partial charge is 0.391 e. The maximum atomic E-state index is 10.7. The molecule has 18 heavy (non-hydrogen) atoms. The van der Waals surface area contributed by atoms with E-state index in [0.717, 1.165) is 39.1 Å². The van der Waals surface area contributed by atoms with Crippen molar-refractivity contribution in [2.24, 2.45) is 5.92 Å². The van der Waals surface area contributed by atoms with Gasteiger partial charge in [0.15, 0.2) is 0 Å². The summed E-state index contributed by atoms with van der Waals surface area (Å²) < 4.78 is 5.46. The lowest BCUT2D eigenvalue weighted by Crippen LogP contribution is -2.58. The quantitative estimate of drug-likeness (QED) is 0.819. The molecule has 1 aliphatic carbocycles. The monoisotopic (exact) mass is 255 g/mol. The highest BCUT2D eigenvalue weighted by Gasteiger charge is 2.45. The summed E-state index contributed by atoms with van der Waals surface area (Å²) in [7, 11) is 0. The molecule has 1 atom stereocenters. The molecule has 3 heteroatoms. The summed E-state index contributed by atoms with van der Waals surface area (Å²) in [6, 6.07) is 0. The summed E-state index contributed by atoms with van der Waals surface area (Å²) in [5, 5.41) is 10.7. The summed E-state index contributed by atoms with van der Waals surface area (Å²) in [4.78, 5) is 2.52. The van der Waals surface area contributed by atoms with Crippen LogP contribution in [0.5, 0.6) is 0 Å². The molecule has 0 bridgehead atoms. The van der Waals surface area contributed by atoms with Crippen molar-refractivity contribution in [3.8, 4) is 0 Å². The van der Waals surface area contributed by atoms with Gasteiger partial charge in [-0.05, 0) is 31.6 Å². The van der Waals surface area contributed by atoms with Crippen LogP contribution >= 0.6 is 0 Å². The second kappa shape index (κ2) is 6.36. The lowest BCUT2D eigenvalue weighted by atomic mass is 9.84. The molecule has 0 spiro atoms. The van der Waals surface area contributed by atoms with Gasteiger partial charge in [0.1, 0.15) is 0 Å². The number of nitrogens with zero attached hydrogens (tertiary/aromatic N) is 1. The topological polar surface area (TPSA) is 32.7 Å². The van der Waals surface area contributed by atoms with E-state index in [9.17, 15) is 5.11 Å². The van der Waals surface area contributed by atoms with Gasteiger partial charge in [-0.1, -0.05) is 26.7 Å². The Balaban J connectivity index is 2.00. The molecule has 1 saturated carbocycles. The minimum atomic E-state index is -0.152. The molecule has 0 aromatic heterocycles. The average Bonchev–Trinajstić information content (AvgIpc) is 2.87. The maximum absolute atomic E-state index is 10.7. The van der Waals surface area contributed by atoms with Crippen LogP contribution in [0.3, 0.4) is 0 Å². The Morgan fingerprint density at radius 2 is 1.72 bits per heavy atom. The zero-order valence-electron chi connectivity index (χ0n) is 12.0. The number of hydrogen-bond donors (Lipinski definition) is 1. The first-order valence-corrected chi connectivity index (χ1v) is 7.66. The van der Waals surface area contributed by atoms with Gasteiger partial charge < -0.3 is 9.84 Å². The van der Waals surface area contributed by atoms with Gasteiger partial charge in [-0.3, -0.25) is 4.90 Å². The molecule has 1 heterocycles. The van der Waals surface area contributed by atoms with Crippen LogP contribution in [-0.2, 0) is 4.74 Å². The number of aliphatic hydroxyl groups excluding tert-OH is 1. The van der Waals surface area contributed by atoms with Crippen LogP contribution in [-0.4, -0.2) is 48.0 Å². The molecule has 1 aliphatic heterocycles. The van der Waals surface area contributed by atoms with Crippen LogP contribution < -0.4 is 0 Å². The Hall–Kier alpha value is -0.120. The Kier molecular flexibility index (Phi) is 5.05. The Labute approximate surface area is 112 Å². The van der Waals surface area contributed by atoms with E-state index in [4.69, 9.17) is 4.74 Å². The minimum absolute atomic E-state index is 0.0681. The fraction of sp³-hybridized carbons (Fsp3) is 1.00. The Bertz CT molecular complexity index is 243. The van der Waals surface area contributed by atoms with Gasteiger partial charge in [0.2, 0.25) is 0 Å². The maximum Gasteiger partial charge on any atom is 0.0724 e. The standard InChI is InChI=1S/C15H29NO2/c1-13(2)5-6-14(17)15(7-3-4-8-15)16-9-11-18-12-10-16/h13-14,17H,3-12H2,1-2H3. The lowest BCUT2D eigenvalue weighted by molar-refractivity contribution is -0.0790. The van der Waals surface area contributed by atoms with Crippen LogP contribution in [0.2, 0.25) is 0 Å². The molecule has 1 N–H and O–H groups in total. The summed E-state index contributed by atoms with van der Waals surface area (Å²) in [5.41, 5.74) is 0.0681. The Morgan fingerprint density at radius 3 is 2.28 bits per heavy atom. The van der Waals surface area contributed by atoms with Gasteiger partial charge in [-0.15, -0.1) is 0 Å². The predicted octanol–water partition coefficient (Wildman–Crippen LogP) is 2.43. The predicted molar refractivity (Wildman–Crippen MR) is 73.7 cm³/mol. The normalized spacial score (nSPS) is 26.7. The van der Waals surface area contributed by atoms with E-state index in [1.165, 1.54) is 25.7 Å². The van der Waals surface area contributed by atoms with E-state index in [2.05, 4.69) is 18.7 Å². The van der Waals surface area contributed by atoms with Gasteiger partial charge >= 0.3 is 0 Å². The average molecular weight is 255 g/mol. The van der Waals surface area contributed by atoms with E-state index in [0.29, 0.717) is 5.92 Å². The molecule has 0 aromatic carbocycles. The van der Waals surface area contributed by atoms with Crippen LogP contribution in [0.1, 0.15) is 52.4 Å². The van der Waals surface area contributed by atoms with E-state index in [-0.39, 0.29) is 11.6 Å². The first kappa shape index (κ1) is 14.3. The van der Waals surface area contributed by atoms with Crippen molar-refractivity contribution in [3.63, 3.8) is 0 Å². The van der Waals surface area contributed by atoms with Gasteiger partial charge in [-0.25, -0.2) is 0 Å². The molecule has 0 radical (unpaired) electrons. The fourth-order valence-electron chi connectivity index (χ4n) is 3.62. The molecule has 3 nitrogen and oxygen atoms in total. The highest BCUT2D eigenvalue weighted by atomic mass is 16.5. The second-order valence-corrected chi connectivity index (χ2v) is 6.40. The number of ether oxygens (including phenoxy) is 1. The van der Waals surface area contributed by atoms with Crippen molar-refractivity contribution in [1.29, 1.82) is 0 Å². The lowest BCUT2D eigenvalue weighted by Gasteiger charge is -2.46. The van der Waals surface area contributed by atoms with Crippen LogP contribution in [0.15, 0.2) is 0 Å². The molecule has 106 valence electrons. The SMILES string of the molecule is CC(C)CCC(O)C1(N2CCOCC2)CCCC1.